The first-order valence-corrected chi connectivity index (χ1v) is 7.60. The van der Waals surface area contributed by atoms with Crippen LogP contribution >= 0.6 is 0 Å². The third-order valence-electron chi connectivity index (χ3n) is 4.77. The Morgan fingerprint density at radius 2 is 2.05 bits per heavy atom. The van der Waals surface area contributed by atoms with Gasteiger partial charge < -0.3 is 10.2 Å². The molecule has 108 valence electrons. The molecule has 2 heterocycles. The van der Waals surface area contributed by atoms with Crippen molar-refractivity contribution < 1.29 is 4.42 Å². The van der Waals surface area contributed by atoms with Crippen LogP contribution in [-0.4, -0.2) is 18.0 Å². The van der Waals surface area contributed by atoms with E-state index < -0.39 is 0 Å². The van der Waals surface area contributed by atoms with Crippen LogP contribution in [0.15, 0.2) is 28.7 Å². The van der Waals surface area contributed by atoms with Crippen molar-refractivity contribution >= 4 is 11.0 Å². The maximum Gasteiger partial charge on any atom is 0.134 e. The Hall–Kier alpha value is -1.32. The standard InChI is InChI=1S/C17H24N2O/c1-12-7-8-19(10-13(12)2)11-15-14-5-3-4-6-16(14)20-17(15)9-18/h3-6,12-13H,7-11,18H2,1-2H3. The largest absolute Gasteiger partial charge is 0.459 e. The van der Waals surface area contributed by atoms with Gasteiger partial charge in [0, 0.05) is 24.0 Å². The molecule has 1 aliphatic heterocycles. The number of nitrogens with two attached hydrogens (primary N) is 1. The summed E-state index contributed by atoms with van der Waals surface area (Å²) in [4.78, 5) is 2.54. The van der Waals surface area contributed by atoms with Crippen LogP contribution in [0.5, 0.6) is 0 Å². The van der Waals surface area contributed by atoms with Gasteiger partial charge >= 0.3 is 0 Å². The van der Waals surface area contributed by atoms with E-state index in [9.17, 15) is 0 Å². The number of fused-ring (bicyclic) bond motifs is 1. The van der Waals surface area contributed by atoms with Crippen molar-refractivity contribution in [2.75, 3.05) is 13.1 Å². The Kier molecular flexibility index (Phi) is 3.81. The quantitative estimate of drug-likeness (QED) is 0.931. The lowest BCUT2D eigenvalue weighted by molar-refractivity contribution is 0.132. The van der Waals surface area contributed by atoms with Crippen molar-refractivity contribution in [3.05, 3.63) is 35.6 Å². The lowest BCUT2D eigenvalue weighted by atomic mass is 9.88. The second kappa shape index (κ2) is 5.58. The average molecular weight is 272 g/mol. The number of para-hydroxylation sites is 1. The maximum atomic E-state index is 5.89. The SMILES string of the molecule is CC1CCN(Cc2c(CN)oc3ccccc23)CC1C. The van der Waals surface area contributed by atoms with Gasteiger partial charge in [0.2, 0.25) is 0 Å². The number of furan rings is 1. The van der Waals surface area contributed by atoms with E-state index >= 15 is 0 Å². The fourth-order valence-corrected chi connectivity index (χ4v) is 3.20. The first-order valence-electron chi connectivity index (χ1n) is 7.60. The Morgan fingerprint density at radius 3 is 2.80 bits per heavy atom. The number of nitrogens with zero attached hydrogens (tertiary/aromatic N) is 1. The van der Waals surface area contributed by atoms with Crippen LogP contribution in [0.2, 0.25) is 0 Å². The Balaban J connectivity index is 1.86. The van der Waals surface area contributed by atoms with Crippen LogP contribution in [0.3, 0.4) is 0 Å². The molecule has 2 N–H and O–H groups in total. The summed E-state index contributed by atoms with van der Waals surface area (Å²) in [6.07, 6.45) is 1.29. The van der Waals surface area contributed by atoms with Crippen molar-refractivity contribution in [1.82, 2.24) is 4.90 Å². The van der Waals surface area contributed by atoms with E-state index in [0.29, 0.717) is 6.54 Å². The summed E-state index contributed by atoms with van der Waals surface area (Å²) in [7, 11) is 0. The highest BCUT2D eigenvalue weighted by atomic mass is 16.3. The Bertz CT molecular complexity index is 590. The molecule has 0 saturated carbocycles. The highest BCUT2D eigenvalue weighted by Crippen LogP contribution is 2.29. The smallest absolute Gasteiger partial charge is 0.134 e. The highest BCUT2D eigenvalue weighted by Gasteiger charge is 2.24. The molecule has 2 unspecified atom stereocenters. The molecule has 0 amide bonds. The highest BCUT2D eigenvalue weighted by molar-refractivity contribution is 5.82. The van der Waals surface area contributed by atoms with E-state index in [1.165, 1.54) is 30.5 Å². The number of piperidine rings is 1. The van der Waals surface area contributed by atoms with Gasteiger partial charge in [-0.15, -0.1) is 0 Å². The van der Waals surface area contributed by atoms with Gasteiger partial charge in [-0.3, -0.25) is 4.90 Å². The van der Waals surface area contributed by atoms with Gasteiger partial charge in [0.05, 0.1) is 6.54 Å². The van der Waals surface area contributed by atoms with E-state index in [2.05, 4.69) is 30.9 Å². The first-order chi connectivity index (χ1) is 9.69. The number of rotatable bonds is 3. The number of hydrogen-bond acceptors (Lipinski definition) is 3. The average Bonchev–Trinajstić information content (AvgIpc) is 2.81. The van der Waals surface area contributed by atoms with Crippen molar-refractivity contribution in [2.45, 2.75) is 33.4 Å². The van der Waals surface area contributed by atoms with E-state index in [1.54, 1.807) is 0 Å². The normalized spacial score (nSPS) is 24.4. The molecular weight excluding hydrogens is 248 g/mol. The van der Waals surface area contributed by atoms with E-state index in [-0.39, 0.29) is 0 Å². The van der Waals surface area contributed by atoms with Gasteiger partial charge in [0.15, 0.2) is 0 Å². The number of likely N-dealkylation sites (tertiary alicyclic amines) is 1. The van der Waals surface area contributed by atoms with E-state index in [0.717, 1.165) is 29.7 Å². The summed E-state index contributed by atoms with van der Waals surface area (Å²) < 4.78 is 5.89. The molecule has 3 nitrogen and oxygen atoms in total. The summed E-state index contributed by atoms with van der Waals surface area (Å²) >= 11 is 0. The van der Waals surface area contributed by atoms with Crippen molar-refractivity contribution in [2.24, 2.45) is 17.6 Å². The van der Waals surface area contributed by atoms with Crippen LogP contribution in [0.1, 0.15) is 31.6 Å². The molecule has 0 aliphatic carbocycles. The number of benzene rings is 1. The minimum absolute atomic E-state index is 0.476. The molecule has 2 aromatic rings. The summed E-state index contributed by atoms with van der Waals surface area (Å²) in [6, 6.07) is 8.26. The van der Waals surface area contributed by atoms with Crippen molar-refractivity contribution in [1.29, 1.82) is 0 Å². The molecule has 20 heavy (non-hydrogen) atoms. The first kappa shape index (κ1) is 13.7. The Labute approximate surface area is 120 Å². The van der Waals surface area contributed by atoms with Crippen LogP contribution in [0.4, 0.5) is 0 Å². The fourth-order valence-electron chi connectivity index (χ4n) is 3.20. The fraction of sp³-hybridized carbons (Fsp3) is 0.529. The molecule has 3 rings (SSSR count). The molecule has 0 spiro atoms. The lowest BCUT2D eigenvalue weighted by Crippen LogP contribution is -2.38. The molecule has 3 heteroatoms. The molecule has 1 saturated heterocycles. The van der Waals surface area contributed by atoms with Gasteiger partial charge in [0.1, 0.15) is 11.3 Å². The zero-order chi connectivity index (χ0) is 14.1. The summed E-state index contributed by atoms with van der Waals surface area (Å²) in [5.41, 5.74) is 8.10. The maximum absolute atomic E-state index is 5.89. The van der Waals surface area contributed by atoms with Gasteiger partial charge in [0.25, 0.3) is 0 Å². The second-order valence-corrected chi connectivity index (χ2v) is 6.18. The lowest BCUT2D eigenvalue weighted by Gasteiger charge is -2.35. The van der Waals surface area contributed by atoms with Crippen LogP contribution in [0, 0.1) is 11.8 Å². The third-order valence-corrected chi connectivity index (χ3v) is 4.77. The van der Waals surface area contributed by atoms with Gasteiger partial charge in [-0.2, -0.15) is 0 Å². The van der Waals surface area contributed by atoms with E-state index in [4.69, 9.17) is 10.2 Å². The summed E-state index contributed by atoms with van der Waals surface area (Å²) in [6.45, 7) is 8.50. The van der Waals surface area contributed by atoms with Crippen molar-refractivity contribution in [3.63, 3.8) is 0 Å². The summed E-state index contributed by atoms with van der Waals surface area (Å²) in [5, 5.41) is 1.22. The van der Waals surface area contributed by atoms with E-state index in [1.807, 2.05) is 12.1 Å². The van der Waals surface area contributed by atoms with Gasteiger partial charge in [-0.05, 0) is 30.9 Å². The molecular formula is C17H24N2O. The Morgan fingerprint density at radius 1 is 1.25 bits per heavy atom. The zero-order valence-corrected chi connectivity index (χ0v) is 12.4. The number of hydrogen-bond donors (Lipinski definition) is 1. The molecule has 1 aromatic heterocycles. The summed E-state index contributed by atoms with van der Waals surface area (Å²) in [5.74, 6) is 2.54. The molecule has 1 aromatic carbocycles. The predicted molar refractivity (Wildman–Crippen MR) is 82.3 cm³/mol. The topological polar surface area (TPSA) is 42.4 Å². The molecule has 1 aliphatic rings. The van der Waals surface area contributed by atoms with Gasteiger partial charge in [-0.1, -0.05) is 32.0 Å². The minimum Gasteiger partial charge on any atom is -0.459 e. The molecule has 0 radical (unpaired) electrons. The molecule has 2 atom stereocenters. The van der Waals surface area contributed by atoms with Crippen LogP contribution in [0.25, 0.3) is 11.0 Å². The molecule has 1 fully saturated rings. The zero-order valence-electron chi connectivity index (χ0n) is 12.4. The predicted octanol–water partition coefficient (Wildman–Crippen LogP) is 3.37. The molecule has 0 bridgehead atoms. The second-order valence-electron chi connectivity index (χ2n) is 6.18. The van der Waals surface area contributed by atoms with Crippen LogP contribution < -0.4 is 5.73 Å². The van der Waals surface area contributed by atoms with Gasteiger partial charge in [-0.25, -0.2) is 0 Å². The third kappa shape index (κ3) is 2.48. The van der Waals surface area contributed by atoms with Crippen molar-refractivity contribution in [3.8, 4) is 0 Å². The van der Waals surface area contributed by atoms with Crippen LogP contribution in [-0.2, 0) is 13.1 Å². The monoisotopic (exact) mass is 272 g/mol. The minimum atomic E-state index is 0.476.